The van der Waals surface area contributed by atoms with Crippen molar-refractivity contribution in [3.8, 4) is 5.69 Å². The van der Waals surface area contributed by atoms with E-state index in [4.69, 9.17) is 4.74 Å². The predicted octanol–water partition coefficient (Wildman–Crippen LogP) is 2.27. The molecule has 5 rings (SSSR count). The topological polar surface area (TPSA) is 79.0 Å². The van der Waals surface area contributed by atoms with Gasteiger partial charge in [-0.25, -0.2) is 4.98 Å². The SMILES string of the molecule is O=c1c2cc3c(=O)n(-c4ccncc4)ccc3nc2ccn1C[C@H]1CCCO1. The summed E-state index contributed by atoms with van der Waals surface area (Å²) in [5.74, 6) is 0. The van der Waals surface area contributed by atoms with Crippen molar-refractivity contribution in [2.45, 2.75) is 25.5 Å². The number of pyridine rings is 4. The van der Waals surface area contributed by atoms with E-state index < -0.39 is 0 Å². The fourth-order valence-corrected chi connectivity index (χ4v) is 3.72. The molecule has 0 N–H and O–H groups in total. The molecule has 1 saturated heterocycles. The van der Waals surface area contributed by atoms with Crippen molar-refractivity contribution in [2.75, 3.05) is 6.61 Å². The van der Waals surface area contributed by atoms with E-state index in [1.807, 2.05) is 6.07 Å². The van der Waals surface area contributed by atoms with Gasteiger partial charge in [-0.3, -0.25) is 19.1 Å². The van der Waals surface area contributed by atoms with E-state index in [9.17, 15) is 9.59 Å². The van der Waals surface area contributed by atoms with Gasteiger partial charge in [0.15, 0.2) is 0 Å². The van der Waals surface area contributed by atoms with E-state index in [0.29, 0.717) is 34.0 Å². The van der Waals surface area contributed by atoms with Gasteiger partial charge >= 0.3 is 0 Å². The van der Waals surface area contributed by atoms with Crippen molar-refractivity contribution in [3.05, 3.63) is 75.8 Å². The van der Waals surface area contributed by atoms with Gasteiger partial charge in [-0.1, -0.05) is 0 Å². The lowest BCUT2D eigenvalue weighted by Crippen LogP contribution is -2.26. The highest BCUT2D eigenvalue weighted by Crippen LogP contribution is 2.17. The Hall–Kier alpha value is -3.32. The highest BCUT2D eigenvalue weighted by molar-refractivity contribution is 5.91. The summed E-state index contributed by atoms with van der Waals surface area (Å²) >= 11 is 0. The molecule has 0 aliphatic carbocycles. The molecule has 0 saturated carbocycles. The number of rotatable bonds is 3. The van der Waals surface area contributed by atoms with Gasteiger partial charge in [0.25, 0.3) is 11.1 Å². The average molecular weight is 374 g/mol. The first kappa shape index (κ1) is 16.8. The van der Waals surface area contributed by atoms with E-state index in [0.717, 1.165) is 19.4 Å². The molecule has 0 amide bonds. The molecule has 1 fully saturated rings. The summed E-state index contributed by atoms with van der Waals surface area (Å²) in [4.78, 5) is 34.5. The summed E-state index contributed by atoms with van der Waals surface area (Å²) in [7, 11) is 0. The van der Waals surface area contributed by atoms with Gasteiger partial charge in [-0.2, -0.15) is 0 Å². The van der Waals surface area contributed by atoms with Gasteiger partial charge in [0, 0.05) is 31.4 Å². The molecule has 0 bridgehead atoms. The molecular formula is C21H18N4O3. The second-order valence-electron chi connectivity index (χ2n) is 6.96. The van der Waals surface area contributed by atoms with E-state index in [-0.39, 0.29) is 17.2 Å². The number of hydrogen-bond acceptors (Lipinski definition) is 5. The van der Waals surface area contributed by atoms with Crippen molar-refractivity contribution in [1.29, 1.82) is 0 Å². The first-order chi connectivity index (χ1) is 13.7. The fraction of sp³-hybridized carbons (Fsp3) is 0.238. The van der Waals surface area contributed by atoms with Crippen molar-refractivity contribution in [1.82, 2.24) is 19.1 Å². The quantitative estimate of drug-likeness (QED) is 0.514. The zero-order valence-corrected chi connectivity index (χ0v) is 15.1. The first-order valence-electron chi connectivity index (χ1n) is 9.28. The maximum absolute atomic E-state index is 13.0. The van der Waals surface area contributed by atoms with Gasteiger partial charge in [0.2, 0.25) is 0 Å². The van der Waals surface area contributed by atoms with Crippen molar-refractivity contribution >= 4 is 21.8 Å². The van der Waals surface area contributed by atoms with Crippen LogP contribution in [0.3, 0.4) is 0 Å². The van der Waals surface area contributed by atoms with E-state index >= 15 is 0 Å². The average Bonchev–Trinajstić information content (AvgIpc) is 3.24. The van der Waals surface area contributed by atoms with Gasteiger partial charge < -0.3 is 9.30 Å². The minimum Gasteiger partial charge on any atom is -0.376 e. The van der Waals surface area contributed by atoms with Gasteiger partial charge in [0.1, 0.15) is 0 Å². The van der Waals surface area contributed by atoms with Gasteiger partial charge in [-0.05, 0) is 43.2 Å². The van der Waals surface area contributed by atoms with Gasteiger partial charge in [-0.15, -0.1) is 0 Å². The van der Waals surface area contributed by atoms with Crippen LogP contribution in [0.5, 0.6) is 0 Å². The van der Waals surface area contributed by atoms with Gasteiger partial charge in [0.05, 0.1) is 40.1 Å². The number of fused-ring (bicyclic) bond motifs is 2. The molecule has 0 spiro atoms. The Morgan fingerprint density at radius 1 is 1.00 bits per heavy atom. The first-order valence-corrected chi connectivity index (χ1v) is 9.28. The molecule has 4 aromatic heterocycles. The molecule has 7 heteroatoms. The Bertz CT molecular complexity index is 1290. The van der Waals surface area contributed by atoms with Crippen LogP contribution in [0.2, 0.25) is 0 Å². The van der Waals surface area contributed by atoms with E-state index in [1.165, 1.54) is 4.57 Å². The summed E-state index contributed by atoms with van der Waals surface area (Å²) in [6.45, 7) is 1.26. The minimum absolute atomic E-state index is 0.0625. The highest BCUT2D eigenvalue weighted by Gasteiger charge is 2.17. The second-order valence-corrected chi connectivity index (χ2v) is 6.96. The zero-order chi connectivity index (χ0) is 19.1. The van der Waals surface area contributed by atoms with Crippen LogP contribution in [0.25, 0.3) is 27.5 Å². The Balaban J connectivity index is 1.68. The maximum Gasteiger partial charge on any atom is 0.264 e. The molecule has 0 radical (unpaired) electrons. The van der Waals surface area contributed by atoms with Crippen molar-refractivity contribution < 1.29 is 4.74 Å². The van der Waals surface area contributed by atoms with Crippen LogP contribution >= 0.6 is 0 Å². The van der Waals surface area contributed by atoms with Crippen LogP contribution in [0.15, 0.2) is 64.7 Å². The smallest absolute Gasteiger partial charge is 0.264 e. The molecule has 28 heavy (non-hydrogen) atoms. The molecular weight excluding hydrogens is 356 g/mol. The third-order valence-corrected chi connectivity index (χ3v) is 5.18. The molecule has 0 unspecified atom stereocenters. The van der Waals surface area contributed by atoms with Crippen LogP contribution in [-0.2, 0) is 11.3 Å². The lowest BCUT2D eigenvalue weighted by atomic mass is 10.1. The molecule has 7 nitrogen and oxygen atoms in total. The normalized spacial score (nSPS) is 16.8. The molecule has 140 valence electrons. The zero-order valence-electron chi connectivity index (χ0n) is 15.1. The largest absolute Gasteiger partial charge is 0.376 e. The number of ether oxygens (including phenoxy) is 1. The maximum atomic E-state index is 13.0. The second kappa shape index (κ2) is 6.69. The molecule has 0 aromatic carbocycles. The predicted molar refractivity (Wildman–Crippen MR) is 106 cm³/mol. The number of aromatic nitrogens is 4. The standard InChI is InChI=1S/C21H18N4O3/c26-20-16-12-17-19(6-10-25(21(17)27)14-3-7-22-8-4-14)23-18(16)5-9-24(20)13-15-2-1-11-28-15/h3-10,12,15H,1-2,11,13H2/t15-/m1/s1. The third kappa shape index (κ3) is 2.80. The van der Waals surface area contributed by atoms with Crippen LogP contribution in [0.1, 0.15) is 12.8 Å². The Morgan fingerprint density at radius 2 is 1.75 bits per heavy atom. The van der Waals surface area contributed by atoms with E-state index in [1.54, 1.807) is 53.6 Å². The molecule has 1 atom stereocenters. The Labute approximate surface area is 159 Å². The fourth-order valence-electron chi connectivity index (χ4n) is 3.72. The summed E-state index contributed by atoms with van der Waals surface area (Å²) < 4.78 is 8.83. The summed E-state index contributed by atoms with van der Waals surface area (Å²) in [6, 6.07) is 8.78. The van der Waals surface area contributed by atoms with Crippen molar-refractivity contribution in [2.24, 2.45) is 0 Å². The van der Waals surface area contributed by atoms with E-state index in [2.05, 4.69) is 9.97 Å². The molecule has 5 heterocycles. The third-order valence-electron chi connectivity index (χ3n) is 5.18. The van der Waals surface area contributed by atoms with Crippen LogP contribution in [0.4, 0.5) is 0 Å². The lowest BCUT2D eigenvalue weighted by molar-refractivity contribution is 0.0963. The Kier molecular flexibility index (Phi) is 4.02. The number of hydrogen-bond donors (Lipinski definition) is 0. The molecule has 1 aliphatic heterocycles. The van der Waals surface area contributed by atoms with Crippen LogP contribution in [-0.4, -0.2) is 31.8 Å². The summed E-state index contributed by atoms with van der Waals surface area (Å²) in [5, 5.41) is 0.858. The van der Waals surface area contributed by atoms with Crippen LogP contribution in [0, 0.1) is 0 Å². The number of nitrogens with zero attached hydrogens (tertiary/aromatic N) is 4. The minimum atomic E-state index is -0.216. The van der Waals surface area contributed by atoms with Crippen LogP contribution < -0.4 is 11.1 Å². The summed E-state index contributed by atoms with van der Waals surface area (Å²) in [5.41, 5.74) is 1.50. The highest BCUT2D eigenvalue weighted by atomic mass is 16.5. The monoisotopic (exact) mass is 374 g/mol. The Morgan fingerprint density at radius 3 is 2.50 bits per heavy atom. The molecule has 4 aromatic rings. The molecule has 1 aliphatic rings. The van der Waals surface area contributed by atoms with Crippen molar-refractivity contribution in [3.63, 3.8) is 0 Å². The summed E-state index contributed by atoms with van der Waals surface area (Å²) in [6.07, 6.45) is 8.75. The lowest BCUT2D eigenvalue weighted by Gasteiger charge is -2.12.